The van der Waals surface area contributed by atoms with Gasteiger partial charge in [0.1, 0.15) is 5.82 Å². The highest BCUT2D eigenvalue weighted by Crippen LogP contribution is 2.40. The number of piperidine rings is 1. The maximum absolute atomic E-state index is 13.8. The van der Waals surface area contributed by atoms with Crippen molar-refractivity contribution in [1.82, 2.24) is 5.32 Å². The summed E-state index contributed by atoms with van der Waals surface area (Å²) in [5, 5.41) is 6.03. The average Bonchev–Trinajstić information content (AvgIpc) is 2.40. The van der Waals surface area contributed by atoms with Gasteiger partial charge in [0, 0.05) is 6.42 Å². The molecule has 3 nitrogen and oxygen atoms in total. The molecule has 3 rings (SSSR count). The van der Waals surface area contributed by atoms with E-state index in [4.69, 9.17) is 0 Å². The molecule has 1 saturated heterocycles. The number of amides is 1. The molecule has 1 fully saturated rings. The minimum absolute atomic E-state index is 0.0665. The lowest BCUT2D eigenvalue weighted by Gasteiger charge is -2.34. The van der Waals surface area contributed by atoms with E-state index in [0.29, 0.717) is 18.0 Å². The summed E-state index contributed by atoms with van der Waals surface area (Å²) in [7, 11) is 0. The molecule has 2 unspecified atom stereocenters. The van der Waals surface area contributed by atoms with Gasteiger partial charge in [-0.2, -0.15) is 0 Å². The van der Waals surface area contributed by atoms with Crippen LogP contribution in [0.1, 0.15) is 30.7 Å². The van der Waals surface area contributed by atoms with Gasteiger partial charge in [-0.25, -0.2) is 4.39 Å². The minimum atomic E-state index is -0.325. The summed E-state index contributed by atoms with van der Waals surface area (Å²) < 4.78 is 13.8. The Morgan fingerprint density at radius 2 is 2.22 bits per heavy atom. The molecular weight excluding hydrogens is 231 g/mol. The van der Waals surface area contributed by atoms with Crippen molar-refractivity contribution in [2.75, 3.05) is 18.4 Å². The van der Waals surface area contributed by atoms with Crippen LogP contribution in [0.4, 0.5) is 10.1 Å². The van der Waals surface area contributed by atoms with Gasteiger partial charge < -0.3 is 10.6 Å². The number of para-hydroxylation sites is 1. The molecule has 0 bridgehead atoms. The van der Waals surface area contributed by atoms with Crippen LogP contribution in [0.2, 0.25) is 0 Å². The maximum atomic E-state index is 13.8. The molecule has 0 saturated carbocycles. The number of fused-ring (bicyclic) bond motifs is 1. The number of anilines is 1. The number of carbonyl (C=O) groups is 1. The molecule has 2 heterocycles. The van der Waals surface area contributed by atoms with Crippen LogP contribution in [0.3, 0.4) is 0 Å². The van der Waals surface area contributed by atoms with Crippen molar-refractivity contribution in [3.8, 4) is 0 Å². The molecule has 2 N–H and O–H groups in total. The highest BCUT2D eigenvalue weighted by Gasteiger charge is 2.33. The van der Waals surface area contributed by atoms with Gasteiger partial charge >= 0.3 is 0 Å². The third-order valence-corrected chi connectivity index (χ3v) is 4.02. The minimum Gasteiger partial charge on any atom is -0.323 e. The number of rotatable bonds is 1. The van der Waals surface area contributed by atoms with Crippen LogP contribution >= 0.6 is 0 Å². The fourth-order valence-electron chi connectivity index (χ4n) is 3.12. The van der Waals surface area contributed by atoms with E-state index < -0.39 is 0 Å². The predicted molar refractivity (Wildman–Crippen MR) is 68.0 cm³/mol. The maximum Gasteiger partial charge on any atom is 0.225 e. The summed E-state index contributed by atoms with van der Waals surface area (Å²) in [6.45, 7) is 1.97. The zero-order valence-electron chi connectivity index (χ0n) is 10.2. The van der Waals surface area contributed by atoms with Crippen LogP contribution in [0.5, 0.6) is 0 Å². The van der Waals surface area contributed by atoms with E-state index in [9.17, 15) is 9.18 Å². The van der Waals surface area contributed by atoms with Gasteiger partial charge in [0.2, 0.25) is 5.91 Å². The molecule has 0 aliphatic carbocycles. The number of nitrogens with one attached hydrogen (secondary N) is 2. The van der Waals surface area contributed by atoms with Gasteiger partial charge in [-0.15, -0.1) is 0 Å². The molecule has 18 heavy (non-hydrogen) atoms. The number of halogens is 1. The molecule has 4 heteroatoms. The van der Waals surface area contributed by atoms with E-state index in [0.717, 1.165) is 31.5 Å². The van der Waals surface area contributed by atoms with E-state index in [1.54, 1.807) is 6.07 Å². The summed E-state index contributed by atoms with van der Waals surface area (Å²) in [4.78, 5) is 11.7. The standard InChI is InChI=1S/C14H17FN2O/c15-12-5-1-4-10-11(7-13(18)17-14(10)12)9-3-2-6-16-8-9/h1,4-5,9,11,16H,2-3,6-8H2,(H,17,18). The highest BCUT2D eigenvalue weighted by atomic mass is 19.1. The van der Waals surface area contributed by atoms with Crippen LogP contribution in [-0.4, -0.2) is 19.0 Å². The Labute approximate surface area is 106 Å². The first kappa shape index (κ1) is 11.7. The average molecular weight is 248 g/mol. The van der Waals surface area contributed by atoms with Gasteiger partial charge in [0.15, 0.2) is 0 Å². The first-order chi connectivity index (χ1) is 8.75. The number of hydrogen-bond donors (Lipinski definition) is 2. The summed E-state index contributed by atoms with van der Waals surface area (Å²) in [6, 6.07) is 5.08. The number of carbonyl (C=O) groups excluding carboxylic acids is 1. The van der Waals surface area contributed by atoms with E-state index in [-0.39, 0.29) is 17.6 Å². The largest absolute Gasteiger partial charge is 0.323 e. The van der Waals surface area contributed by atoms with Crippen molar-refractivity contribution in [3.05, 3.63) is 29.6 Å². The van der Waals surface area contributed by atoms with Crippen molar-refractivity contribution >= 4 is 11.6 Å². The van der Waals surface area contributed by atoms with E-state index >= 15 is 0 Å². The third-order valence-electron chi connectivity index (χ3n) is 4.02. The molecule has 0 aromatic heterocycles. The zero-order chi connectivity index (χ0) is 12.5. The predicted octanol–water partition coefficient (Wildman–Crippen LogP) is 2.25. The SMILES string of the molecule is O=C1CC(C2CCCNC2)c2cccc(F)c2N1. The first-order valence-electron chi connectivity index (χ1n) is 6.54. The zero-order valence-corrected chi connectivity index (χ0v) is 10.2. The smallest absolute Gasteiger partial charge is 0.225 e. The van der Waals surface area contributed by atoms with Crippen molar-refractivity contribution in [2.24, 2.45) is 5.92 Å². The lowest BCUT2D eigenvalue weighted by molar-refractivity contribution is -0.117. The summed E-state index contributed by atoms with van der Waals surface area (Å²) in [5.74, 6) is 0.195. The van der Waals surface area contributed by atoms with Gasteiger partial charge in [0.05, 0.1) is 5.69 Å². The lowest BCUT2D eigenvalue weighted by atomic mass is 9.77. The normalized spacial score (nSPS) is 27.5. The molecule has 2 aliphatic heterocycles. The molecule has 2 atom stereocenters. The molecule has 0 spiro atoms. The fraction of sp³-hybridized carbons (Fsp3) is 0.500. The van der Waals surface area contributed by atoms with Crippen LogP contribution in [-0.2, 0) is 4.79 Å². The quantitative estimate of drug-likeness (QED) is 0.800. The topological polar surface area (TPSA) is 41.1 Å². The lowest BCUT2D eigenvalue weighted by Crippen LogP contribution is -2.36. The van der Waals surface area contributed by atoms with Crippen LogP contribution in [0.15, 0.2) is 18.2 Å². The summed E-state index contributed by atoms with van der Waals surface area (Å²) in [5.41, 5.74) is 1.35. The van der Waals surface area contributed by atoms with E-state index in [1.807, 2.05) is 6.07 Å². The Hall–Kier alpha value is -1.42. The van der Waals surface area contributed by atoms with E-state index in [1.165, 1.54) is 6.07 Å². The van der Waals surface area contributed by atoms with Crippen molar-refractivity contribution < 1.29 is 9.18 Å². The Morgan fingerprint density at radius 1 is 1.33 bits per heavy atom. The second-order valence-corrected chi connectivity index (χ2v) is 5.17. The van der Waals surface area contributed by atoms with Crippen LogP contribution < -0.4 is 10.6 Å². The second kappa shape index (κ2) is 4.69. The molecule has 1 aromatic carbocycles. The monoisotopic (exact) mass is 248 g/mol. The Kier molecular flexibility index (Phi) is 3.04. The summed E-state index contributed by atoms with van der Waals surface area (Å²) >= 11 is 0. The van der Waals surface area contributed by atoms with Gasteiger partial charge in [-0.1, -0.05) is 12.1 Å². The fourth-order valence-corrected chi connectivity index (χ4v) is 3.12. The van der Waals surface area contributed by atoms with Gasteiger partial charge in [0.25, 0.3) is 0 Å². The first-order valence-corrected chi connectivity index (χ1v) is 6.54. The second-order valence-electron chi connectivity index (χ2n) is 5.17. The van der Waals surface area contributed by atoms with Gasteiger partial charge in [-0.3, -0.25) is 4.79 Å². The van der Waals surface area contributed by atoms with Crippen LogP contribution in [0, 0.1) is 11.7 Å². The molecule has 2 aliphatic rings. The molecular formula is C14H17FN2O. The third kappa shape index (κ3) is 2.01. The van der Waals surface area contributed by atoms with Crippen molar-refractivity contribution in [1.29, 1.82) is 0 Å². The van der Waals surface area contributed by atoms with Crippen molar-refractivity contribution in [3.63, 3.8) is 0 Å². The number of hydrogen-bond acceptors (Lipinski definition) is 2. The van der Waals surface area contributed by atoms with E-state index in [2.05, 4.69) is 10.6 Å². The molecule has 1 amide bonds. The Morgan fingerprint density at radius 3 is 3.00 bits per heavy atom. The van der Waals surface area contributed by atoms with Gasteiger partial charge in [-0.05, 0) is 49.4 Å². The summed E-state index contributed by atoms with van der Waals surface area (Å²) in [6.07, 6.45) is 2.72. The van der Waals surface area contributed by atoms with Crippen molar-refractivity contribution in [2.45, 2.75) is 25.2 Å². The Bertz CT molecular complexity index is 469. The number of benzene rings is 1. The Balaban J connectivity index is 1.96. The molecule has 1 aromatic rings. The van der Waals surface area contributed by atoms with Crippen LogP contribution in [0.25, 0.3) is 0 Å². The highest BCUT2D eigenvalue weighted by molar-refractivity contribution is 5.94. The molecule has 96 valence electrons. The molecule has 0 radical (unpaired) electrons.